The van der Waals surface area contributed by atoms with E-state index in [1.165, 1.54) is 6.42 Å². The standard InChI is InChI=1S/C14H19ClN2O2/c15-13-8-10(14(16)18)3-4-11(13)9-17-6-5-12-2-1-7-19-12/h3-4,8,12,17H,1-2,5-7,9H2,(H2,16,18). The molecule has 1 aromatic rings. The molecule has 0 radical (unpaired) electrons. The highest BCUT2D eigenvalue weighted by molar-refractivity contribution is 6.31. The number of halogens is 1. The summed E-state index contributed by atoms with van der Waals surface area (Å²) in [6.45, 7) is 2.48. The van der Waals surface area contributed by atoms with Crippen molar-refractivity contribution in [2.45, 2.75) is 31.9 Å². The fraction of sp³-hybridized carbons (Fsp3) is 0.500. The normalized spacial score (nSPS) is 18.7. The minimum absolute atomic E-state index is 0.403. The zero-order valence-corrected chi connectivity index (χ0v) is 11.6. The summed E-state index contributed by atoms with van der Waals surface area (Å²) in [5.74, 6) is -0.459. The van der Waals surface area contributed by atoms with Crippen molar-refractivity contribution in [3.8, 4) is 0 Å². The molecular formula is C14H19ClN2O2. The fourth-order valence-corrected chi connectivity index (χ4v) is 2.45. The number of carbonyl (C=O) groups excluding carboxylic acids is 1. The van der Waals surface area contributed by atoms with Gasteiger partial charge in [-0.25, -0.2) is 0 Å². The smallest absolute Gasteiger partial charge is 0.248 e. The van der Waals surface area contributed by atoms with E-state index in [0.717, 1.165) is 31.6 Å². The van der Waals surface area contributed by atoms with Crippen LogP contribution in [0.25, 0.3) is 0 Å². The first-order chi connectivity index (χ1) is 9.16. The lowest BCUT2D eigenvalue weighted by atomic mass is 10.1. The number of carbonyl (C=O) groups is 1. The van der Waals surface area contributed by atoms with Gasteiger partial charge in [-0.05, 0) is 43.5 Å². The molecule has 2 rings (SSSR count). The van der Waals surface area contributed by atoms with E-state index in [-0.39, 0.29) is 0 Å². The summed E-state index contributed by atoms with van der Waals surface area (Å²) in [4.78, 5) is 11.0. The molecule has 0 aliphatic carbocycles. The molecule has 1 fully saturated rings. The van der Waals surface area contributed by atoms with Crippen molar-refractivity contribution >= 4 is 17.5 Å². The van der Waals surface area contributed by atoms with Gasteiger partial charge in [-0.1, -0.05) is 17.7 Å². The molecule has 0 bridgehead atoms. The van der Waals surface area contributed by atoms with Crippen LogP contribution in [0.3, 0.4) is 0 Å². The maximum Gasteiger partial charge on any atom is 0.248 e. The molecule has 19 heavy (non-hydrogen) atoms. The second kappa shape index (κ2) is 6.89. The lowest BCUT2D eigenvalue weighted by Crippen LogP contribution is -2.20. The minimum Gasteiger partial charge on any atom is -0.378 e. The number of hydrogen-bond acceptors (Lipinski definition) is 3. The van der Waals surface area contributed by atoms with Gasteiger partial charge in [0.05, 0.1) is 6.10 Å². The Morgan fingerprint density at radius 2 is 2.37 bits per heavy atom. The molecule has 1 amide bonds. The Bertz CT molecular complexity index is 445. The molecule has 1 aliphatic heterocycles. The lowest BCUT2D eigenvalue weighted by molar-refractivity contribution is 0.1000. The van der Waals surface area contributed by atoms with E-state index in [1.54, 1.807) is 12.1 Å². The predicted octanol–water partition coefficient (Wildman–Crippen LogP) is 2.10. The van der Waals surface area contributed by atoms with Crippen molar-refractivity contribution in [3.05, 3.63) is 34.3 Å². The van der Waals surface area contributed by atoms with Crippen LogP contribution >= 0.6 is 11.6 Å². The molecular weight excluding hydrogens is 264 g/mol. The SMILES string of the molecule is NC(=O)c1ccc(CNCCC2CCCO2)c(Cl)c1. The number of benzene rings is 1. The second-order valence-electron chi connectivity index (χ2n) is 4.77. The lowest BCUT2D eigenvalue weighted by Gasteiger charge is -2.11. The van der Waals surface area contributed by atoms with Crippen LogP contribution in [0.1, 0.15) is 35.2 Å². The van der Waals surface area contributed by atoms with Gasteiger partial charge in [0.2, 0.25) is 5.91 Å². The van der Waals surface area contributed by atoms with Crippen LogP contribution < -0.4 is 11.1 Å². The van der Waals surface area contributed by atoms with Gasteiger partial charge in [-0.15, -0.1) is 0 Å². The first-order valence-electron chi connectivity index (χ1n) is 6.57. The van der Waals surface area contributed by atoms with E-state index in [0.29, 0.717) is 23.2 Å². The van der Waals surface area contributed by atoms with Crippen LogP contribution in [0.5, 0.6) is 0 Å². The predicted molar refractivity (Wildman–Crippen MR) is 75.3 cm³/mol. The summed E-state index contributed by atoms with van der Waals surface area (Å²) < 4.78 is 5.55. The highest BCUT2D eigenvalue weighted by Crippen LogP contribution is 2.18. The molecule has 1 saturated heterocycles. The maximum atomic E-state index is 11.0. The Kier molecular flexibility index (Phi) is 5.19. The second-order valence-corrected chi connectivity index (χ2v) is 5.18. The van der Waals surface area contributed by atoms with E-state index in [4.69, 9.17) is 22.1 Å². The van der Waals surface area contributed by atoms with Gasteiger partial charge in [0.15, 0.2) is 0 Å². The van der Waals surface area contributed by atoms with E-state index in [1.807, 2.05) is 6.07 Å². The molecule has 1 aromatic carbocycles. The van der Waals surface area contributed by atoms with Crippen molar-refractivity contribution in [3.63, 3.8) is 0 Å². The summed E-state index contributed by atoms with van der Waals surface area (Å²) in [7, 11) is 0. The number of ether oxygens (including phenoxy) is 1. The fourth-order valence-electron chi connectivity index (χ4n) is 2.20. The van der Waals surface area contributed by atoms with Gasteiger partial charge >= 0.3 is 0 Å². The van der Waals surface area contributed by atoms with Gasteiger partial charge < -0.3 is 15.8 Å². The summed E-state index contributed by atoms with van der Waals surface area (Å²) in [6.07, 6.45) is 3.76. The number of nitrogens with one attached hydrogen (secondary N) is 1. The topological polar surface area (TPSA) is 64.4 Å². The van der Waals surface area contributed by atoms with Crippen LogP contribution in [0.4, 0.5) is 0 Å². The third-order valence-corrected chi connectivity index (χ3v) is 3.67. The van der Waals surface area contributed by atoms with Crippen molar-refractivity contribution < 1.29 is 9.53 Å². The maximum absolute atomic E-state index is 11.0. The van der Waals surface area contributed by atoms with E-state index < -0.39 is 5.91 Å². The number of nitrogens with two attached hydrogens (primary N) is 1. The van der Waals surface area contributed by atoms with E-state index in [9.17, 15) is 4.79 Å². The van der Waals surface area contributed by atoms with Gasteiger partial charge in [0.1, 0.15) is 0 Å². The Morgan fingerprint density at radius 3 is 3.00 bits per heavy atom. The van der Waals surface area contributed by atoms with E-state index >= 15 is 0 Å². The van der Waals surface area contributed by atoms with Crippen molar-refractivity contribution in [1.29, 1.82) is 0 Å². The number of primary amides is 1. The quantitative estimate of drug-likeness (QED) is 0.786. The summed E-state index contributed by atoms with van der Waals surface area (Å²) in [6, 6.07) is 5.15. The number of rotatable bonds is 6. The van der Waals surface area contributed by atoms with Gasteiger partial charge in [-0.2, -0.15) is 0 Å². The van der Waals surface area contributed by atoms with Crippen molar-refractivity contribution in [1.82, 2.24) is 5.32 Å². The Balaban J connectivity index is 1.77. The Morgan fingerprint density at radius 1 is 1.53 bits per heavy atom. The first kappa shape index (κ1) is 14.3. The van der Waals surface area contributed by atoms with Gasteiger partial charge in [0, 0.05) is 23.7 Å². The van der Waals surface area contributed by atoms with Crippen LogP contribution in [0, 0.1) is 0 Å². The average Bonchev–Trinajstić information content (AvgIpc) is 2.89. The molecule has 5 heteroatoms. The number of hydrogen-bond donors (Lipinski definition) is 2. The molecule has 1 atom stereocenters. The van der Waals surface area contributed by atoms with Crippen LogP contribution in [-0.4, -0.2) is 25.2 Å². The minimum atomic E-state index is -0.459. The Hall–Kier alpha value is -1.10. The van der Waals surface area contributed by atoms with Gasteiger partial charge in [0.25, 0.3) is 0 Å². The summed E-state index contributed by atoms with van der Waals surface area (Å²) in [5.41, 5.74) is 6.61. The van der Waals surface area contributed by atoms with Crippen LogP contribution in [-0.2, 0) is 11.3 Å². The molecule has 104 valence electrons. The third kappa shape index (κ3) is 4.20. The van der Waals surface area contributed by atoms with Crippen LogP contribution in [0.15, 0.2) is 18.2 Å². The first-order valence-corrected chi connectivity index (χ1v) is 6.95. The highest BCUT2D eigenvalue weighted by atomic mass is 35.5. The Labute approximate surface area is 118 Å². The molecule has 0 saturated carbocycles. The summed E-state index contributed by atoms with van der Waals surface area (Å²) >= 11 is 6.11. The molecule has 0 spiro atoms. The third-order valence-electron chi connectivity index (χ3n) is 3.32. The molecule has 4 nitrogen and oxygen atoms in total. The average molecular weight is 283 g/mol. The van der Waals surface area contributed by atoms with Gasteiger partial charge in [-0.3, -0.25) is 4.79 Å². The largest absolute Gasteiger partial charge is 0.378 e. The van der Waals surface area contributed by atoms with Crippen molar-refractivity contribution in [2.75, 3.05) is 13.2 Å². The monoisotopic (exact) mass is 282 g/mol. The number of amides is 1. The zero-order chi connectivity index (χ0) is 13.7. The molecule has 1 unspecified atom stereocenters. The molecule has 0 aromatic heterocycles. The van der Waals surface area contributed by atoms with Crippen molar-refractivity contribution in [2.24, 2.45) is 5.73 Å². The van der Waals surface area contributed by atoms with E-state index in [2.05, 4.69) is 5.32 Å². The zero-order valence-electron chi connectivity index (χ0n) is 10.8. The molecule has 3 N–H and O–H groups in total. The van der Waals surface area contributed by atoms with Crippen LogP contribution in [0.2, 0.25) is 5.02 Å². The summed E-state index contributed by atoms with van der Waals surface area (Å²) in [5, 5.41) is 3.91. The highest BCUT2D eigenvalue weighted by Gasteiger charge is 2.14. The molecule has 1 aliphatic rings. The molecule has 1 heterocycles.